The number of para-hydroxylation sites is 1. The maximum atomic E-state index is 11.7. The number of ether oxygens (including phenoxy) is 1. The van der Waals surface area contributed by atoms with Crippen molar-refractivity contribution in [3.05, 3.63) is 68.2 Å². The lowest BCUT2D eigenvalue weighted by Gasteiger charge is -2.07. The van der Waals surface area contributed by atoms with Gasteiger partial charge in [-0.25, -0.2) is 5.43 Å². The van der Waals surface area contributed by atoms with Gasteiger partial charge in [-0.15, -0.1) is 0 Å². The fourth-order valence-corrected chi connectivity index (χ4v) is 2.46. The van der Waals surface area contributed by atoms with Crippen LogP contribution in [-0.4, -0.2) is 23.7 Å². The van der Waals surface area contributed by atoms with Crippen molar-refractivity contribution in [1.29, 1.82) is 0 Å². The van der Waals surface area contributed by atoms with Crippen LogP contribution in [0.3, 0.4) is 0 Å². The molecular weight excluding hydrogens is 381 g/mol. The van der Waals surface area contributed by atoms with Crippen molar-refractivity contribution < 1.29 is 14.5 Å². The molecule has 0 spiro atoms. The normalized spacial score (nSPS) is 10.7. The highest BCUT2D eigenvalue weighted by molar-refractivity contribution is 6.35. The topological polar surface area (TPSA) is 93.8 Å². The van der Waals surface area contributed by atoms with E-state index in [1.807, 2.05) is 0 Å². The summed E-state index contributed by atoms with van der Waals surface area (Å²) in [5, 5.41) is 15.5. The second-order valence-corrected chi connectivity index (χ2v) is 5.98. The van der Waals surface area contributed by atoms with Gasteiger partial charge in [-0.3, -0.25) is 14.9 Å². The van der Waals surface area contributed by atoms with E-state index in [0.29, 0.717) is 34.4 Å². The van der Waals surface area contributed by atoms with Crippen molar-refractivity contribution in [2.45, 2.75) is 12.8 Å². The first kappa shape index (κ1) is 19.7. The number of hydrogen-bond acceptors (Lipinski definition) is 5. The van der Waals surface area contributed by atoms with Gasteiger partial charge < -0.3 is 4.74 Å². The Morgan fingerprint density at radius 2 is 2.04 bits per heavy atom. The Morgan fingerprint density at radius 3 is 2.77 bits per heavy atom. The number of nitrogens with zero attached hydrogens (tertiary/aromatic N) is 2. The van der Waals surface area contributed by atoms with Crippen LogP contribution in [-0.2, 0) is 4.79 Å². The highest BCUT2D eigenvalue weighted by atomic mass is 35.5. The zero-order chi connectivity index (χ0) is 18.9. The number of carbonyl (C=O) groups is 1. The molecule has 0 unspecified atom stereocenters. The Balaban J connectivity index is 1.75. The van der Waals surface area contributed by atoms with Gasteiger partial charge in [0.2, 0.25) is 5.91 Å². The molecular formula is C17H15Cl2N3O4. The summed E-state index contributed by atoms with van der Waals surface area (Å²) in [5.41, 5.74) is 2.54. The maximum Gasteiger partial charge on any atom is 0.278 e. The molecule has 0 atom stereocenters. The van der Waals surface area contributed by atoms with E-state index in [4.69, 9.17) is 27.9 Å². The van der Waals surface area contributed by atoms with Crippen molar-refractivity contribution >= 4 is 41.0 Å². The molecule has 1 N–H and O–H groups in total. The van der Waals surface area contributed by atoms with Crippen LogP contribution in [0.15, 0.2) is 47.6 Å². The molecule has 0 saturated heterocycles. The summed E-state index contributed by atoms with van der Waals surface area (Å²) in [6.07, 6.45) is 1.87. The number of rotatable bonds is 8. The number of amides is 1. The van der Waals surface area contributed by atoms with Crippen LogP contribution in [0.25, 0.3) is 0 Å². The van der Waals surface area contributed by atoms with Gasteiger partial charge in [-0.1, -0.05) is 35.3 Å². The minimum atomic E-state index is -0.512. The standard InChI is InChI=1S/C17H15Cl2N3O4/c18-13-7-8-16(14(19)10-13)26-9-3-6-17(23)21-20-11-12-4-1-2-5-15(12)22(24)25/h1-2,4-5,7-8,10-11H,3,6,9H2,(H,21,23). The molecule has 1 amide bonds. The Bertz CT molecular complexity index is 827. The van der Waals surface area contributed by atoms with Crippen LogP contribution in [0.2, 0.25) is 10.0 Å². The van der Waals surface area contributed by atoms with E-state index >= 15 is 0 Å². The van der Waals surface area contributed by atoms with Crippen LogP contribution >= 0.6 is 23.2 Å². The predicted molar refractivity (Wildman–Crippen MR) is 100 cm³/mol. The van der Waals surface area contributed by atoms with Crippen molar-refractivity contribution in [3.8, 4) is 5.75 Å². The third kappa shape index (κ3) is 6.02. The Labute approximate surface area is 159 Å². The molecule has 0 aliphatic rings. The molecule has 0 radical (unpaired) electrons. The van der Waals surface area contributed by atoms with Gasteiger partial charge in [0.1, 0.15) is 5.75 Å². The molecule has 0 bridgehead atoms. The lowest BCUT2D eigenvalue weighted by molar-refractivity contribution is -0.385. The van der Waals surface area contributed by atoms with Crippen LogP contribution in [0, 0.1) is 10.1 Å². The number of nitrogens with one attached hydrogen (secondary N) is 1. The van der Waals surface area contributed by atoms with Crippen molar-refractivity contribution in [2.75, 3.05) is 6.61 Å². The first-order valence-corrected chi connectivity index (χ1v) is 8.36. The van der Waals surface area contributed by atoms with E-state index in [-0.39, 0.29) is 18.0 Å². The van der Waals surface area contributed by atoms with E-state index in [1.54, 1.807) is 30.3 Å². The van der Waals surface area contributed by atoms with Crippen LogP contribution in [0.4, 0.5) is 5.69 Å². The number of hydrogen-bond donors (Lipinski definition) is 1. The third-order valence-electron chi connectivity index (χ3n) is 3.23. The predicted octanol–water partition coefficient (Wildman–Crippen LogP) is 4.21. The van der Waals surface area contributed by atoms with E-state index in [9.17, 15) is 14.9 Å². The average molecular weight is 396 g/mol. The monoisotopic (exact) mass is 395 g/mol. The van der Waals surface area contributed by atoms with Gasteiger partial charge in [0.15, 0.2) is 0 Å². The van der Waals surface area contributed by atoms with Crippen LogP contribution in [0.1, 0.15) is 18.4 Å². The Hall–Kier alpha value is -2.64. The summed E-state index contributed by atoms with van der Waals surface area (Å²) in [5.74, 6) is 0.163. The van der Waals surface area contributed by atoms with Gasteiger partial charge in [0.05, 0.1) is 28.3 Å². The van der Waals surface area contributed by atoms with Gasteiger partial charge in [0, 0.05) is 17.5 Å². The molecule has 0 fully saturated rings. The molecule has 0 heterocycles. The summed E-state index contributed by atoms with van der Waals surface area (Å²) >= 11 is 11.8. The molecule has 9 heteroatoms. The van der Waals surface area contributed by atoms with Crippen molar-refractivity contribution in [2.24, 2.45) is 5.10 Å². The Morgan fingerprint density at radius 1 is 1.27 bits per heavy atom. The fourth-order valence-electron chi connectivity index (χ4n) is 2.00. The lowest BCUT2D eigenvalue weighted by atomic mass is 10.2. The quantitative estimate of drug-likeness (QED) is 0.313. The molecule has 2 rings (SSSR count). The molecule has 0 aliphatic heterocycles. The minimum absolute atomic E-state index is 0.0845. The van der Waals surface area contributed by atoms with Gasteiger partial charge in [0.25, 0.3) is 5.69 Å². The molecule has 0 aromatic heterocycles. The zero-order valence-electron chi connectivity index (χ0n) is 13.5. The third-order valence-corrected chi connectivity index (χ3v) is 3.76. The molecule has 2 aromatic carbocycles. The number of halogens is 2. The van der Waals surface area contributed by atoms with E-state index in [0.717, 1.165) is 0 Å². The lowest BCUT2D eigenvalue weighted by Crippen LogP contribution is -2.18. The number of nitro benzene ring substituents is 1. The number of carbonyl (C=O) groups excluding carboxylic acids is 1. The first-order chi connectivity index (χ1) is 12.5. The van der Waals surface area contributed by atoms with Gasteiger partial charge >= 0.3 is 0 Å². The van der Waals surface area contributed by atoms with Crippen molar-refractivity contribution in [1.82, 2.24) is 5.43 Å². The highest BCUT2D eigenvalue weighted by Crippen LogP contribution is 2.27. The molecule has 7 nitrogen and oxygen atoms in total. The van der Waals surface area contributed by atoms with Gasteiger partial charge in [-0.05, 0) is 30.7 Å². The summed E-state index contributed by atoms with van der Waals surface area (Å²) in [6.45, 7) is 0.294. The minimum Gasteiger partial charge on any atom is -0.492 e. The van der Waals surface area contributed by atoms with E-state index in [2.05, 4.69) is 10.5 Å². The second kappa shape index (κ2) is 9.74. The second-order valence-electron chi connectivity index (χ2n) is 5.14. The highest BCUT2D eigenvalue weighted by Gasteiger charge is 2.10. The molecule has 136 valence electrons. The SMILES string of the molecule is O=C(CCCOc1ccc(Cl)cc1Cl)NN=Cc1ccccc1[N+](=O)[O-]. The summed E-state index contributed by atoms with van der Waals surface area (Å²) in [7, 11) is 0. The first-order valence-electron chi connectivity index (χ1n) is 7.60. The number of hydrazone groups is 1. The fraction of sp³-hybridized carbons (Fsp3) is 0.176. The Kier molecular flexibility index (Phi) is 7.37. The zero-order valence-corrected chi connectivity index (χ0v) is 15.0. The average Bonchev–Trinajstić information content (AvgIpc) is 2.60. The number of benzene rings is 2. The van der Waals surface area contributed by atoms with E-state index in [1.165, 1.54) is 18.3 Å². The largest absolute Gasteiger partial charge is 0.492 e. The van der Waals surface area contributed by atoms with Crippen LogP contribution < -0.4 is 10.2 Å². The molecule has 26 heavy (non-hydrogen) atoms. The van der Waals surface area contributed by atoms with Gasteiger partial charge in [-0.2, -0.15) is 5.10 Å². The smallest absolute Gasteiger partial charge is 0.278 e. The summed E-state index contributed by atoms with van der Waals surface area (Å²) in [4.78, 5) is 22.1. The molecule has 0 aliphatic carbocycles. The number of nitro groups is 1. The van der Waals surface area contributed by atoms with E-state index < -0.39 is 4.92 Å². The van der Waals surface area contributed by atoms with Crippen molar-refractivity contribution in [3.63, 3.8) is 0 Å². The molecule has 2 aromatic rings. The molecule has 0 saturated carbocycles. The maximum absolute atomic E-state index is 11.7. The van der Waals surface area contributed by atoms with Crippen LogP contribution in [0.5, 0.6) is 5.75 Å². The summed E-state index contributed by atoms with van der Waals surface area (Å²) < 4.78 is 5.47. The summed E-state index contributed by atoms with van der Waals surface area (Å²) in [6, 6.07) is 11.0.